The molecule has 3 aliphatic rings. The summed E-state index contributed by atoms with van der Waals surface area (Å²) in [4.78, 5) is 29.6. The minimum atomic E-state index is 0.0855. The summed E-state index contributed by atoms with van der Waals surface area (Å²) in [5.41, 5.74) is 1.21. The molecule has 0 bridgehead atoms. The molecule has 164 valence electrons. The molecule has 30 heavy (non-hydrogen) atoms. The summed E-state index contributed by atoms with van der Waals surface area (Å²) in [6, 6.07) is 10.5. The Morgan fingerprint density at radius 3 is 2.33 bits per heavy atom. The number of hydrogen-bond donors (Lipinski definition) is 1. The summed E-state index contributed by atoms with van der Waals surface area (Å²) in [5, 5.41) is 3.37. The summed E-state index contributed by atoms with van der Waals surface area (Å²) < 4.78 is 0. The second-order valence-corrected chi connectivity index (χ2v) is 9.57. The first-order chi connectivity index (χ1) is 14.6. The second kappa shape index (κ2) is 9.95. The SMILES string of the molecule is CCCC(=O)N1CC2CN(CC[C@H](NC(=O)C3CCCC3)c3ccccc3)CC2C1. The number of carbonyl (C=O) groups is 2. The molecule has 3 fully saturated rings. The van der Waals surface area contributed by atoms with Crippen LogP contribution in [-0.4, -0.2) is 54.3 Å². The highest BCUT2D eigenvalue weighted by Crippen LogP contribution is 2.32. The van der Waals surface area contributed by atoms with E-state index >= 15 is 0 Å². The maximum absolute atomic E-state index is 12.8. The lowest BCUT2D eigenvalue weighted by molar-refractivity contribution is -0.130. The topological polar surface area (TPSA) is 52.7 Å². The highest BCUT2D eigenvalue weighted by Gasteiger charge is 2.41. The Bertz CT molecular complexity index is 702. The van der Waals surface area contributed by atoms with Crippen molar-refractivity contribution in [2.75, 3.05) is 32.7 Å². The molecule has 3 atom stereocenters. The van der Waals surface area contributed by atoms with E-state index in [1.54, 1.807) is 0 Å². The van der Waals surface area contributed by atoms with E-state index in [2.05, 4.69) is 46.3 Å². The molecule has 2 amide bonds. The Kier molecular flexibility index (Phi) is 7.08. The lowest BCUT2D eigenvalue weighted by atomic mass is 10.0. The van der Waals surface area contributed by atoms with Crippen molar-refractivity contribution in [1.82, 2.24) is 15.1 Å². The Balaban J connectivity index is 1.30. The summed E-state index contributed by atoms with van der Waals surface area (Å²) >= 11 is 0. The van der Waals surface area contributed by atoms with Gasteiger partial charge in [-0.15, -0.1) is 0 Å². The van der Waals surface area contributed by atoms with Gasteiger partial charge in [0.2, 0.25) is 11.8 Å². The molecule has 0 radical (unpaired) electrons. The molecule has 0 spiro atoms. The van der Waals surface area contributed by atoms with Gasteiger partial charge in [-0.2, -0.15) is 0 Å². The van der Waals surface area contributed by atoms with Crippen molar-refractivity contribution in [2.24, 2.45) is 17.8 Å². The van der Waals surface area contributed by atoms with Crippen LogP contribution in [0.5, 0.6) is 0 Å². The lowest BCUT2D eigenvalue weighted by Gasteiger charge is -2.25. The van der Waals surface area contributed by atoms with Crippen molar-refractivity contribution < 1.29 is 9.59 Å². The van der Waals surface area contributed by atoms with Gasteiger partial charge in [0.15, 0.2) is 0 Å². The third-order valence-electron chi connectivity index (χ3n) is 7.36. The fourth-order valence-electron chi connectivity index (χ4n) is 5.65. The van der Waals surface area contributed by atoms with Crippen LogP contribution >= 0.6 is 0 Å². The maximum atomic E-state index is 12.8. The zero-order valence-electron chi connectivity index (χ0n) is 18.4. The average molecular weight is 412 g/mol. The lowest BCUT2D eigenvalue weighted by Crippen LogP contribution is -2.36. The van der Waals surface area contributed by atoms with Crippen LogP contribution in [0.25, 0.3) is 0 Å². The van der Waals surface area contributed by atoms with E-state index in [9.17, 15) is 9.59 Å². The molecule has 0 aromatic heterocycles. The molecule has 1 saturated carbocycles. The molecule has 2 saturated heterocycles. The van der Waals surface area contributed by atoms with E-state index < -0.39 is 0 Å². The number of likely N-dealkylation sites (tertiary alicyclic amines) is 2. The van der Waals surface area contributed by atoms with E-state index in [0.717, 1.165) is 58.4 Å². The number of rotatable bonds is 8. The molecule has 2 aliphatic heterocycles. The van der Waals surface area contributed by atoms with Crippen molar-refractivity contribution in [3.8, 4) is 0 Å². The van der Waals surface area contributed by atoms with E-state index in [0.29, 0.717) is 24.2 Å². The molecule has 5 nitrogen and oxygen atoms in total. The average Bonchev–Trinajstić information content (AvgIpc) is 3.48. The van der Waals surface area contributed by atoms with Crippen LogP contribution in [0.2, 0.25) is 0 Å². The summed E-state index contributed by atoms with van der Waals surface area (Å²) in [7, 11) is 0. The van der Waals surface area contributed by atoms with Gasteiger partial charge in [0.05, 0.1) is 6.04 Å². The van der Waals surface area contributed by atoms with Crippen LogP contribution in [-0.2, 0) is 9.59 Å². The van der Waals surface area contributed by atoms with Gasteiger partial charge in [0.1, 0.15) is 0 Å². The van der Waals surface area contributed by atoms with Crippen LogP contribution in [0.3, 0.4) is 0 Å². The van der Waals surface area contributed by atoms with Gasteiger partial charge in [-0.05, 0) is 43.1 Å². The second-order valence-electron chi connectivity index (χ2n) is 9.57. The molecule has 1 aromatic carbocycles. The predicted octanol–water partition coefficient (Wildman–Crippen LogP) is 3.61. The standard InChI is InChI=1S/C25H37N3O2/c1-2-8-24(29)28-17-21-15-27(16-22(21)18-28)14-13-23(19-9-4-3-5-10-19)26-25(30)20-11-6-7-12-20/h3-5,9-10,20-23H,2,6-8,11-18H2,1H3,(H,26,30)/t21?,22?,23-/m0/s1. The van der Waals surface area contributed by atoms with Gasteiger partial charge in [-0.3, -0.25) is 9.59 Å². The molecule has 2 unspecified atom stereocenters. The van der Waals surface area contributed by atoms with E-state index in [-0.39, 0.29) is 17.9 Å². The fourth-order valence-corrected chi connectivity index (χ4v) is 5.65. The van der Waals surface area contributed by atoms with Crippen LogP contribution < -0.4 is 5.32 Å². The fraction of sp³-hybridized carbons (Fsp3) is 0.680. The smallest absolute Gasteiger partial charge is 0.223 e. The molecular formula is C25H37N3O2. The number of amides is 2. The number of nitrogens with one attached hydrogen (secondary N) is 1. The Morgan fingerprint density at radius 1 is 1.03 bits per heavy atom. The predicted molar refractivity (Wildman–Crippen MR) is 119 cm³/mol. The molecule has 5 heteroatoms. The van der Waals surface area contributed by atoms with E-state index in [1.165, 1.54) is 18.4 Å². The van der Waals surface area contributed by atoms with Gasteiger partial charge in [-0.25, -0.2) is 0 Å². The van der Waals surface area contributed by atoms with Gasteiger partial charge >= 0.3 is 0 Å². The first-order valence-electron chi connectivity index (χ1n) is 12.0. The zero-order chi connectivity index (χ0) is 20.9. The molecular weight excluding hydrogens is 374 g/mol. The number of carbonyl (C=O) groups excluding carboxylic acids is 2. The van der Waals surface area contributed by atoms with Crippen LogP contribution in [0.1, 0.15) is 63.5 Å². The van der Waals surface area contributed by atoms with E-state index in [4.69, 9.17) is 0 Å². The third-order valence-corrected chi connectivity index (χ3v) is 7.36. The number of benzene rings is 1. The molecule has 1 N–H and O–H groups in total. The van der Waals surface area contributed by atoms with Gasteiger partial charge < -0.3 is 15.1 Å². The molecule has 1 aliphatic carbocycles. The summed E-state index contributed by atoms with van der Waals surface area (Å²) in [5.74, 6) is 2.01. The molecule has 4 rings (SSSR count). The highest BCUT2D eigenvalue weighted by atomic mass is 16.2. The van der Waals surface area contributed by atoms with Crippen molar-refractivity contribution in [1.29, 1.82) is 0 Å². The van der Waals surface area contributed by atoms with Gasteiger partial charge in [0.25, 0.3) is 0 Å². The Hall–Kier alpha value is -1.88. The minimum absolute atomic E-state index is 0.0855. The Labute approximate surface area is 181 Å². The third kappa shape index (κ3) is 5.05. The zero-order valence-corrected chi connectivity index (χ0v) is 18.4. The molecule has 2 heterocycles. The Morgan fingerprint density at radius 2 is 1.70 bits per heavy atom. The van der Waals surface area contributed by atoms with Crippen molar-refractivity contribution in [3.63, 3.8) is 0 Å². The van der Waals surface area contributed by atoms with Gasteiger partial charge in [0, 0.05) is 45.1 Å². The number of nitrogens with zero attached hydrogens (tertiary/aromatic N) is 2. The van der Waals surface area contributed by atoms with Crippen LogP contribution in [0.4, 0.5) is 0 Å². The minimum Gasteiger partial charge on any atom is -0.349 e. The normalized spacial score (nSPS) is 25.4. The van der Waals surface area contributed by atoms with Crippen molar-refractivity contribution in [3.05, 3.63) is 35.9 Å². The van der Waals surface area contributed by atoms with E-state index in [1.807, 2.05) is 6.07 Å². The van der Waals surface area contributed by atoms with Gasteiger partial charge in [-0.1, -0.05) is 50.1 Å². The highest BCUT2D eigenvalue weighted by molar-refractivity contribution is 5.79. The maximum Gasteiger partial charge on any atom is 0.223 e. The largest absolute Gasteiger partial charge is 0.349 e. The quantitative estimate of drug-likeness (QED) is 0.711. The van der Waals surface area contributed by atoms with Crippen molar-refractivity contribution >= 4 is 11.8 Å². The number of hydrogen-bond acceptors (Lipinski definition) is 3. The van der Waals surface area contributed by atoms with Crippen LogP contribution in [0.15, 0.2) is 30.3 Å². The summed E-state index contributed by atoms with van der Waals surface area (Å²) in [6.07, 6.45) is 7.00. The summed E-state index contributed by atoms with van der Waals surface area (Å²) in [6.45, 7) is 7.10. The van der Waals surface area contributed by atoms with Crippen molar-refractivity contribution in [2.45, 2.75) is 57.9 Å². The monoisotopic (exact) mass is 411 g/mol. The first kappa shape index (κ1) is 21.4. The van der Waals surface area contributed by atoms with Crippen LogP contribution in [0, 0.1) is 17.8 Å². The number of fused-ring (bicyclic) bond motifs is 1. The first-order valence-corrected chi connectivity index (χ1v) is 12.0. The molecule has 1 aromatic rings.